The van der Waals surface area contributed by atoms with Gasteiger partial charge in [0.1, 0.15) is 11.5 Å². The van der Waals surface area contributed by atoms with Crippen LogP contribution >= 0.6 is 0 Å². The summed E-state index contributed by atoms with van der Waals surface area (Å²) in [5, 5.41) is 0. The van der Waals surface area contributed by atoms with Crippen LogP contribution in [-0.4, -0.2) is 32.6 Å². The summed E-state index contributed by atoms with van der Waals surface area (Å²) in [5.74, 6) is 1.00. The molecule has 0 amide bonds. The molecule has 0 bridgehead atoms. The summed E-state index contributed by atoms with van der Waals surface area (Å²) in [6.07, 6.45) is 4.93. The van der Waals surface area contributed by atoms with Crippen LogP contribution in [0.5, 0.6) is 11.5 Å². The predicted molar refractivity (Wildman–Crippen MR) is 118 cm³/mol. The Balaban J connectivity index is 1.88. The third kappa shape index (κ3) is 8.97. The molecular weight excluding hydrogens is 380 g/mol. The highest BCUT2D eigenvalue weighted by Gasteiger charge is 2.13. The van der Waals surface area contributed by atoms with Gasteiger partial charge in [0, 0.05) is 13.2 Å². The van der Waals surface area contributed by atoms with E-state index in [-0.39, 0.29) is 0 Å². The van der Waals surface area contributed by atoms with E-state index in [1.54, 1.807) is 12.1 Å². The SMILES string of the molecule is CCCCOCCc1ccccc1OC(=O)Oc1ccccc1CCOCCCC. The molecule has 0 fully saturated rings. The zero-order valence-corrected chi connectivity index (χ0v) is 18.2. The number of ether oxygens (including phenoxy) is 4. The van der Waals surface area contributed by atoms with Crippen LogP contribution in [0.2, 0.25) is 0 Å². The van der Waals surface area contributed by atoms with Crippen molar-refractivity contribution in [1.29, 1.82) is 0 Å². The third-order valence-electron chi connectivity index (χ3n) is 4.65. The maximum Gasteiger partial charge on any atom is 0.519 e. The van der Waals surface area contributed by atoms with E-state index in [4.69, 9.17) is 18.9 Å². The molecule has 0 N–H and O–H groups in total. The van der Waals surface area contributed by atoms with E-state index in [1.165, 1.54) is 0 Å². The highest BCUT2D eigenvalue weighted by molar-refractivity contribution is 5.68. The molecule has 0 radical (unpaired) electrons. The number of rotatable bonds is 14. The zero-order valence-electron chi connectivity index (χ0n) is 18.2. The maximum atomic E-state index is 12.4. The van der Waals surface area contributed by atoms with Crippen molar-refractivity contribution in [3.63, 3.8) is 0 Å². The molecule has 5 heteroatoms. The van der Waals surface area contributed by atoms with Gasteiger partial charge in [-0.25, -0.2) is 4.79 Å². The fourth-order valence-corrected chi connectivity index (χ4v) is 2.88. The fourth-order valence-electron chi connectivity index (χ4n) is 2.88. The molecule has 0 unspecified atom stereocenters. The monoisotopic (exact) mass is 414 g/mol. The average molecular weight is 415 g/mol. The Morgan fingerprint density at radius 1 is 0.667 bits per heavy atom. The lowest BCUT2D eigenvalue weighted by Crippen LogP contribution is -2.16. The van der Waals surface area contributed by atoms with Gasteiger partial charge in [0.2, 0.25) is 0 Å². The van der Waals surface area contributed by atoms with E-state index >= 15 is 0 Å². The Bertz CT molecular complexity index is 682. The van der Waals surface area contributed by atoms with Crippen LogP contribution in [0.1, 0.15) is 50.7 Å². The molecule has 0 spiro atoms. The summed E-state index contributed by atoms with van der Waals surface area (Å²) >= 11 is 0. The summed E-state index contributed by atoms with van der Waals surface area (Å²) in [5.41, 5.74) is 1.84. The molecular formula is C25H34O5. The van der Waals surface area contributed by atoms with Gasteiger partial charge in [-0.05, 0) is 48.9 Å². The summed E-state index contributed by atoms with van der Waals surface area (Å²) in [4.78, 5) is 12.4. The summed E-state index contributed by atoms with van der Waals surface area (Å²) in [7, 11) is 0. The van der Waals surface area contributed by atoms with Crippen LogP contribution in [0, 0.1) is 0 Å². The van der Waals surface area contributed by atoms with Crippen LogP contribution in [0.4, 0.5) is 4.79 Å². The van der Waals surface area contributed by atoms with Crippen molar-refractivity contribution in [3.8, 4) is 11.5 Å². The Morgan fingerprint density at radius 3 is 1.53 bits per heavy atom. The highest BCUT2D eigenvalue weighted by atomic mass is 16.7. The minimum absolute atomic E-state index is 0.502. The molecule has 0 aromatic heterocycles. The van der Waals surface area contributed by atoms with Crippen LogP contribution in [0.15, 0.2) is 48.5 Å². The number of hydrogen-bond acceptors (Lipinski definition) is 5. The van der Waals surface area contributed by atoms with Crippen LogP contribution in [0.25, 0.3) is 0 Å². The quantitative estimate of drug-likeness (QED) is 0.216. The Kier molecular flexibility index (Phi) is 11.6. The first-order valence-corrected chi connectivity index (χ1v) is 11.0. The van der Waals surface area contributed by atoms with Gasteiger partial charge in [0.05, 0.1) is 13.2 Å². The number of hydrogen-bond donors (Lipinski definition) is 0. The molecule has 2 aromatic carbocycles. The predicted octanol–water partition coefficient (Wildman–Crippen LogP) is 5.98. The van der Waals surface area contributed by atoms with Crippen molar-refractivity contribution in [2.24, 2.45) is 0 Å². The molecule has 5 nitrogen and oxygen atoms in total. The van der Waals surface area contributed by atoms with E-state index in [0.717, 1.165) is 50.0 Å². The molecule has 0 heterocycles. The zero-order chi connectivity index (χ0) is 21.4. The summed E-state index contributed by atoms with van der Waals surface area (Å²) < 4.78 is 22.2. The standard InChI is InChI=1S/C25H34O5/c1-3-5-17-27-19-15-21-11-7-9-13-23(21)29-25(26)30-24-14-10-8-12-22(24)16-20-28-18-6-4-2/h7-14H,3-6,15-20H2,1-2H3. The molecule has 0 aliphatic rings. The van der Waals surface area contributed by atoms with Crippen LogP contribution in [-0.2, 0) is 22.3 Å². The normalized spacial score (nSPS) is 10.7. The molecule has 0 aliphatic heterocycles. The first kappa shape index (κ1) is 23.9. The van der Waals surface area contributed by atoms with Gasteiger partial charge in [-0.1, -0.05) is 63.1 Å². The third-order valence-corrected chi connectivity index (χ3v) is 4.65. The van der Waals surface area contributed by atoms with Crippen molar-refractivity contribution in [3.05, 3.63) is 59.7 Å². The van der Waals surface area contributed by atoms with E-state index in [9.17, 15) is 4.79 Å². The number of unbranched alkanes of at least 4 members (excludes halogenated alkanes) is 2. The topological polar surface area (TPSA) is 54.0 Å². The van der Waals surface area contributed by atoms with Gasteiger partial charge in [-0.2, -0.15) is 0 Å². The van der Waals surface area contributed by atoms with Gasteiger partial charge in [0.15, 0.2) is 0 Å². The van der Waals surface area contributed by atoms with Crippen molar-refractivity contribution in [2.45, 2.75) is 52.4 Å². The Labute approximate surface area is 180 Å². The van der Waals surface area contributed by atoms with Crippen LogP contribution in [0.3, 0.4) is 0 Å². The largest absolute Gasteiger partial charge is 0.519 e. The average Bonchev–Trinajstić information content (AvgIpc) is 2.75. The lowest BCUT2D eigenvalue weighted by molar-refractivity contribution is 0.131. The van der Waals surface area contributed by atoms with Gasteiger partial charge in [0.25, 0.3) is 0 Å². The Morgan fingerprint density at radius 2 is 1.10 bits per heavy atom. The van der Waals surface area contributed by atoms with Gasteiger partial charge >= 0.3 is 6.16 Å². The second kappa shape index (κ2) is 14.6. The molecule has 164 valence electrons. The second-order valence-corrected chi connectivity index (χ2v) is 7.10. The lowest BCUT2D eigenvalue weighted by Gasteiger charge is -2.12. The molecule has 2 aromatic rings. The molecule has 30 heavy (non-hydrogen) atoms. The smallest absolute Gasteiger partial charge is 0.394 e. The molecule has 0 saturated heterocycles. The van der Waals surface area contributed by atoms with E-state index in [1.807, 2.05) is 36.4 Å². The summed E-state index contributed by atoms with van der Waals surface area (Å²) in [6.45, 7) is 6.96. The van der Waals surface area contributed by atoms with Crippen molar-refractivity contribution >= 4 is 6.16 Å². The van der Waals surface area contributed by atoms with E-state index in [0.29, 0.717) is 37.6 Å². The molecule has 0 atom stereocenters. The molecule has 0 saturated carbocycles. The van der Waals surface area contributed by atoms with Crippen LogP contribution < -0.4 is 9.47 Å². The Hall–Kier alpha value is -2.37. The minimum Gasteiger partial charge on any atom is -0.394 e. The highest BCUT2D eigenvalue weighted by Crippen LogP contribution is 2.22. The van der Waals surface area contributed by atoms with Crippen molar-refractivity contribution in [1.82, 2.24) is 0 Å². The molecule has 2 rings (SSSR count). The lowest BCUT2D eigenvalue weighted by atomic mass is 10.1. The number of para-hydroxylation sites is 2. The second-order valence-electron chi connectivity index (χ2n) is 7.10. The number of benzene rings is 2. The van der Waals surface area contributed by atoms with Gasteiger partial charge in [-0.15, -0.1) is 0 Å². The molecule has 0 aliphatic carbocycles. The summed E-state index contributed by atoms with van der Waals surface area (Å²) in [6, 6.07) is 14.9. The number of carbonyl (C=O) groups excluding carboxylic acids is 1. The first-order valence-electron chi connectivity index (χ1n) is 11.0. The van der Waals surface area contributed by atoms with Gasteiger partial charge in [-0.3, -0.25) is 0 Å². The maximum absolute atomic E-state index is 12.4. The van der Waals surface area contributed by atoms with Crippen molar-refractivity contribution < 1.29 is 23.7 Å². The van der Waals surface area contributed by atoms with E-state index in [2.05, 4.69) is 13.8 Å². The first-order chi connectivity index (χ1) is 14.7. The van der Waals surface area contributed by atoms with Crippen molar-refractivity contribution in [2.75, 3.05) is 26.4 Å². The minimum atomic E-state index is -0.742. The fraction of sp³-hybridized carbons (Fsp3) is 0.480. The van der Waals surface area contributed by atoms with Gasteiger partial charge < -0.3 is 18.9 Å². The number of carbonyl (C=O) groups is 1. The van der Waals surface area contributed by atoms with E-state index < -0.39 is 6.16 Å².